The lowest BCUT2D eigenvalue weighted by atomic mass is 9.87. The van der Waals surface area contributed by atoms with Crippen molar-refractivity contribution in [2.75, 3.05) is 0 Å². The number of hydrogen-bond acceptors (Lipinski definition) is 2. The maximum atomic E-state index is 2.48. The number of rotatable bonds is 0. The number of hydrogen-bond donors (Lipinski definition) is 0. The fourth-order valence-corrected chi connectivity index (χ4v) is 2.46. The van der Waals surface area contributed by atoms with Crippen molar-refractivity contribution in [1.29, 1.82) is 0 Å². The van der Waals surface area contributed by atoms with Crippen LogP contribution in [-0.2, 0) is 0 Å². The van der Waals surface area contributed by atoms with Crippen LogP contribution in [-0.4, -0.2) is 27.0 Å². The van der Waals surface area contributed by atoms with Gasteiger partial charge in [0.25, 0.3) is 0 Å². The molecule has 0 aromatic carbocycles. The first-order valence-electron chi connectivity index (χ1n) is 6.60. The highest BCUT2D eigenvalue weighted by molar-refractivity contribution is 5.08. The molecule has 0 spiro atoms. The smallest absolute Gasteiger partial charge is 0.106 e. The van der Waals surface area contributed by atoms with Gasteiger partial charge in [-0.15, -0.1) is 0 Å². The highest BCUT2D eigenvalue weighted by atomic mass is 15.4. The second kappa shape index (κ2) is 3.93. The molecule has 0 atom stereocenters. The quantitative estimate of drug-likeness (QED) is 0.628. The minimum absolute atomic E-state index is 0.161. The summed E-state index contributed by atoms with van der Waals surface area (Å²) in [7, 11) is 0. The largest absolute Gasteiger partial charge is 0.351 e. The molecule has 0 bridgehead atoms. The molecule has 0 radical (unpaired) electrons. The van der Waals surface area contributed by atoms with Crippen molar-refractivity contribution in [2.45, 2.75) is 79.6 Å². The van der Waals surface area contributed by atoms with E-state index in [0.717, 1.165) is 0 Å². The summed E-state index contributed by atoms with van der Waals surface area (Å²) in [4.78, 5) is 4.97. The molecule has 17 heavy (non-hydrogen) atoms. The summed E-state index contributed by atoms with van der Waals surface area (Å²) in [6, 6.07) is 0. The predicted octanol–water partition coefficient (Wildman–Crippen LogP) is 4.04. The zero-order valence-electron chi connectivity index (χ0n) is 13.1. The first-order chi connectivity index (χ1) is 7.35. The van der Waals surface area contributed by atoms with Gasteiger partial charge >= 0.3 is 0 Å². The van der Waals surface area contributed by atoms with Crippen molar-refractivity contribution >= 4 is 0 Å². The van der Waals surface area contributed by atoms with Crippen LogP contribution in [0, 0.1) is 5.41 Å². The van der Waals surface area contributed by atoms with Crippen LogP contribution in [0.15, 0.2) is 12.4 Å². The normalized spacial score (nSPS) is 19.4. The highest BCUT2D eigenvalue weighted by Crippen LogP contribution is 2.39. The topological polar surface area (TPSA) is 6.48 Å². The first-order valence-corrected chi connectivity index (χ1v) is 6.60. The van der Waals surface area contributed by atoms with Crippen LogP contribution >= 0.6 is 0 Å². The van der Waals surface area contributed by atoms with E-state index in [1.165, 1.54) is 0 Å². The molecule has 100 valence electrons. The molecule has 1 aliphatic heterocycles. The lowest BCUT2D eigenvalue weighted by Gasteiger charge is -2.51. The van der Waals surface area contributed by atoms with Gasteiger partial charge in [0.15, 0.2) is 0 Å². The molecule has 0 amide bonds. The maximum Gasteiger partial charge on any atom is 0.106 e. The van der Waals surface area contributed by atoms with Crippen LogP contribution in [0.2, 0.25) is 0 Å². The SMILES string of the molecule is CC(C)(C)C1N(C(C)(C)C)C=CN1C(C)(C)C. The average molecular weight is 238 g/mol. The molecular formula is C15H30N2. The van der Waals surface area contributed by atoms with Crippen LogP contribution < -0.4 is 0 Å². The Morgan fingerprint density at radius 2 is 0.941 bits per heavy atom. The Kier molecular flexibility index (Phi) is 3.33. The van der Waals surface area contributed by atoms with Crippen LogP contribution in [0.3, 0.4) is 0 Å². The van der Waals surface area contributed by atoms with E-state index < -0.39 is 0 Å². The lowest BCUT2D eigenvalue weighted by molar-refractivity contribution is -0.0329. The molecule has 1 heterocycles. The van der Waals surface area contributed by atoms with E-state index >= 15 is 0 Å². The summed E-state index contributed by atoms with van der Waals surface area (Å²) in [5, 5.41) is 0. The Bertz CT molecular complexity index is 272. The van der Waals surface area contributed by atoms with Gasteiger partial charge in [-0.1, -0.05) is 20.8 Å². The van der Waals surface area contributed by atoms with Gasteiger partial charge in [0.1, 0.15) is 6.17 Å². The third kappa shape index (κ3) is 2.97. The molecule has 0 saturated carbocycles. The predicted molar refractivity (Wildman–Crippen MR) is 75.6 cm³/mol. The van der Waals surface area contributed by atoms with Gasteiger partial charge in [-0.2, -0.15) is 0 Å². The fourth-order valence-electron chi connectivity index (χ4n) is 2.46. The van der Waals surface area contributed by atoms with E-state index in [1.807, 2.05) is 0 Å². The standard InChI is InChI=1S/C15H30N2/c1-13(2,3)12-16(14(4,5)6)10-11-17(12)15(7,8)9/h10-12H,1-9H3. The van der Waals surface area contributed by atoms with Crippen molar-refractivity contribution < 1.29 is 0 Å². The molecule has 0 saturated heterocycles. The second-order valence-electron chi connectivity index (χ2n) is 8.19. The average Bonchev–Trinajstić information content (AvgIpc) is 2.42. The molecule has 0 unspecified atom stereocenters. The van der Waals surface area contributed by atoms with E-state index in [-0.39, 0.29) is 16.5 Å². The van der Waals surface area contributed by atoms with Crippen LogP contribution in [0.1, 0.15) is 62.3 Å². The van der Waals surface area contributed by atoms with Gasteiger partial charge in [-0.25, -0.2) is 0 Å². The molecule has 1 aliphatic rings. The van der Waals surface area contributed by atoms with Gasteiger partial charge in [0.05, 0.1) is 0 Å². The van der Waals surface area contributed by atoms with Gasteiger partial charge < -0.3 is 9.80 Å². The Morgan fingerprint density at radius 1 is 0.647 bits per heavy atom. The lowest BCUT2D eigenvalue weighted by Crippen LogP contribution is -2.58. The number of nitrogens with zero attached hydrogens (tertiary/aromatic N) is 2. The maximum absolute atomic E-state index is 2.48. The van der Waals surface area contributed by atoms with Crippen molar-refractivity contribution in [3.63, 3.8) is 0 Å². The Hall–Kier alpha value is -0.660. The van der Waals surface area contributed by atoms with E-state index in [4.69, 9.17) is 0 Å². The highest BCUT2D eigenvalue weighted by Gasteiger charge is 2.44. The van der Waals surface area contributed by atoms with Crippen molar-refractivity contribution in [2.24, 2.45) is 5.41 Å². The van der Waals surface area contributed by atoms with E-state index in [2.05, 4.69) is 84.5 Å². The first kappa shape index (κ1) is 14.4. The zero-order chi connectivity index (χ0) is 13.6. The van der Waals surface area contributed by atoms with Gasteiger partial charge in [0, 0.05) is 28.9 Å². The Labute approximate surface area is 108 Å². The molecule has 2 heteroatoms. The molecule has 1 rings (SSSR count). The molecule has 2 nitrogen and oxygen atoms in total. The minimum atomic E-state index is 0.161. The summed E-state index contributed by atoms with van der Waals surface area (Å²) in [6.45, 7) is 20.6. The van der Waals surface area contributed by atoms with E-state index in [9.17, 15) is 0 Å². The summed E-state index contributed by atoms with van der Waals surface area (Å²) < 4.78 is 0. The van der Waals surface area contributed by atoms with Crippen LogP contribution in [0.4, 0.5) is 0 Å². The van der Waals surface area contributed by atoms with E-state index in [0.29, 0.717) is 6.17 Å². The molecule has 0 aliphatic carbocycles. The second-order valence-corrected chi connectivity index (χ2v) is 8.19. The molecule has 0 aromatic rings. The Morgan fingerprint density at radius 3 is 1.12 bits per heavy atom. The summed E-state index contributed by atoms with van der Waals surface area (Å²) in [5.74, 6) is 0. The van der Waals surface area contributed by atoms with Gasteiger partial charge in [0.2, 0.25) is 0 Å². The van der Waals surface area contributed by atoms with Crippen molar-refractivity contribution in [3.05, 3.63) is 12.4 Å². The van der Waals surface area contributed by atoms with Crippen LogP contribution in [0.25, 0.3) is 0 Å². The zero-order valence-corrected chi connectivity index (χ0v) is 13.1. The van der Waals surface area contributed by atoms with Gasteiger partial charge in [-0.3, -0.25) is 0 Å². The molecule has 0 aromatic heterocycles. The minimum Gasteiger partial charge on any atom is -0.351 e. The summed E-state index contributed by atoms with van der Waals surface area (Å²) in [5.41, 5.74) is 0.549. The molecule has 0 fully saturated rings. The molecular weight excluding hydrogens is 208 g/mol. The third-order valence-electron chi connectivity index (χ3n) is 3.24. The monoisotopic (exact) mass is 238 g/mol. The third-order valence-corrected chi connectivity index (χ3v) is 3.24. The molecule has 0 N–H and O–H groups in total. The fraction of sp³-hybridized carbons (Fsp3) is 0.867. The summed E-state index contributed by atoms with van der Waals surface area (Å²) >= 11 is 0. The van der Waals surface area contributed by atoms with Crippen LogP contribution in [0.5, 0.6) is 0 Å². The summed E-state index contributed by atoms with van der Waals surface area (Å²) in [6.07, 6.45) is 4.92. The van der Waals surface area contributed by atoms with E-state index in [1.54, 1.807) is 0 Å². The Balaban J connectivity index is 3.12. The van der Waals surface area contributed by atoms with Crippen molar-refractivity contribution in [1.82, 2.24) is 9.80 Å². The van der Waals surface area contributed by atoms with Crippen molar-refractivity contribution in [3.8, 4) is 0 Å². The van der Waals surface area contributed by atoms with Gasteiger partial charge in [-0.05, 0) is 41.5 Å².